The molecule has 0 amide bonds. The Morgan fingerprint density at radius 1 is 1.44 bits per heavy atom. The van der Waals surface area contributed by atoms with Crippen LogP contribution in [0.2, 0.25) is 0 Å². The average molecular weight is 267 g/mol. The number of rotatable bonds is 4. The summed E-state index contributed by atoms with van der Waals surface area (Å²) in [5.41, 5.74) is 1.60. The number of aryl methyl sites for hydroxylation is 1. The molecule has 0 spiro atoms. The van der Waals surface area contributed by atoms with Crippen molar-refractivity contribution in [2.45, 2.75) is 31.2 Å². The highest BCUT2D eigenvalue weighted by atomic mass is 32.2. The van der Waals surface area contributed by atoms with Gasteiger partial charge in [0.15, 0.2) is 0 Å². The number of sulfonamides is 1. The summed E-state index contributed by atoms with van der Waals surface area (Å²) >= 11 is 0. The predicted molar refractivity (Wildman–Crippen MR) is 70.8 cm³/mol. The molecule has 0 saturated carbocycles. The van der Waals surface area contributed by atoms with E-state index in [0.29, 0.717) is 5.52 Å². The molecule has 2 rings (SSSR count). The second-order valence-corrected chi connectivity index (χ2v) is 6.15. The normalized spacial score (nSPS) is 13.9. The monoisotopic (exact) mass is 267 g/mol. The SMILES string of the molecule is CCC(C)NS(=O)(=O)c1ccc2c(c1)ncn2C. The molecule has 0 saturated heterocycles. The van der Waals surface area contributed by atoms with Crippen LogP contribution in [0.15, 0.2) is 29.4 Å². The van der Waals surface area contributed by atoms with Crippen LogP contribution in [0.25, 0.3) is 11.0 Å². The van der Waals surface area contributed by atoms with Gasteiger partial charge in [0.1, 0.15) is 0 Å². The molecule has 1 atom stereocenters. The second-order valence-electron chi connectivity index (χ2n) is 4.44. The third-order valence-corrected chi connectivity index (χ3v) is 4.56. The Morgan fingerprint density at radius 3 is 2.83 bits per heavy atom. The second kappa shape index (κ2) is 4.70. The van der Waals surface area contributed by atoms with Crippen LogP contribution in [-0.2, 0) is 17.1 Å². The van der Waals surface area contributed by atoms with Crippen molar-refractivity contribution in [2.24, 2.45) is 7.05 Å². The summed E-state index contributed by atoms with van der Waals surface area (Å²) in [6, 6.07) is 4.90. The fraction of sp³-hybridized carbons (Fsp3) is 0.417. The Balaban J connectivity index is 2.41. The molecular formula is C12H17N3O2S. The van der Waals surface area contributed by atoms with E-state index in [0.717, 1.165) is 11.9 Å². The summed E-state index contributed by atoms with van der Waals surface area (Å²) in [7, 11) is -1.58. The lowest BCUT2D eigenvalue weighted by Crippen LogP contribution is -2.31. The average Bonchev–Trinajstić information content (AvgIpc) is 2.70. The molecule has 0 radical (unpaired) electrons. The lowest BCUT2D eigenvalue weighted by molar-refractivity contribution is 0.556. The predicted octanol–water partition coefficient (Wildman–Crippen LogP) is 1.65. The lowest BCUT2D eigenvalue weighted by Gasteiger charge is -2.11. The van der Waals surface area contributed by atoms with Gasteiger partial charge < -0.3 is 4.57 Å². The summed E-state index contributed by atoms with van der Waals surface area (Å²) in [6.07, 6.45) is 2.42. The van der Waals surface area contributed by atoms with Crippen LogP contribution in [0.4, 0.5) is 0 Å². The maximum atomic E-state index is 12.1. The van der Waals surface area contributed by atoms with Gasteiger partial charge in [0, 0.05) is 13.1 Å². The van der Waals surface area contributed by atoms with Crippen LogP contribution in [0.3, 0.4) is 0 Å². The first-order chi connectivity index (χ1) is 8.44. The number of benzene rings is 1. The van der Waals surface area contributed by atoms with Gasteiger partial charge in [0.05, 0.1) is 22.3 Å². The van der Waals surface area contributed by atoms with Crippen molar-refractivity contribution in [3.63, 3.8) is 0 Å². The van der Waals surface area contributed by atoms with Crippen molar-refractivity contribution in [3.8, 4) is 0 Å². The lowest BCUT2D eigenvalue weighted by atomic mass is 10.3. The van der Waals surface area contributed by atoms with Gasteiger partial charge in [-0.05, 0) is 31.5 Å². The van der Waals surface area contributed by atoms with E-state index in [1.54, 1.807) is 24.5 Å². The van der Waals surface area contributed by atoms with E-state index in [1.807, 2.05) is 25.5 Å². The van der Waals surface area contributed by atoms with Gasteiger partial charge in [-0.1, -0.05) is 6.92 Å². The Morgan fingerprint density at radius 2 is 2.17 bits per heavy atom. The molecule has 0 aliphatic rings. The molecule has 18 heavy (non-hydrogen) atoms. The van der Waals surface area contributed by atoms with Crippen molar-refractivity contribution in [1.82, 2.24) is 14.3 Å². The van der Waals surface area contributed by atoms with E-state index in [-0.39, 0.29) is 10.9 Å². The Kier molecular flexibility index (Phi) is 3.41. The number of fused-ring (bicyclic) bond motifs is 1. The molecule has 5 nitrogen and oxygen atoms in total. The first-order valence-corrected chi connectivity index (χ1v) is 7.35. The van der Waals surface area contributed by atoms with Gasteiger partial charge in [-0.25, -0.2) is 18.1 Å². The molecular weight excluding hydrogens is 250 g/mol. The smallest absolute Gasteiger partial charge is 0.240 e. The van der Waals surface area contributed by atoms with Crippen LogP contribution in [0, 0.1) is 0 Å². The fourth-order valence-corrected chi connectivity index (χ4v) is 3.05. The highest BCUT2D eigenvalue weighted by Gasteiger charge is 2.17. The topological polar surface area (TPSA) is 64.0 Å². The molecule has 0 bridgehead atoms. The molecule has 0 aliphatic carbocycles. The molecule has 2 aromatic rings. The number of aromatic nitrogens is 2. The van der Waals surface area contributed by atoms with E-state index >= 15 is 0 Å². The largest absolute Gasteiger partial charge is 0.334 e. The third-order valence-electron chi connectivity index (χ3n) is 2.98. The van der Waals surface area contributed by atoms with Gasteiger partial charge in [-0.3, -0.25) is 0 Å². The van der Waals surface area contributed by atoms with E-state index in [2.05, 4.69) is 9.71 Å². The molecule has 98 valence electrons. The van der Waals surface area contributed by atoms with E-state index in [1.165, 1.54) is 0 Å². The van der Waals surface area contributed by atoms with E-state index < -0.39 is 10.0 Å². The Bertz CT molecular complexity index is 661. The maximum absolute atomic E-state index is 12.1. The number of hydrogen-bond donors (Lipinski definition) is 1. The minimum absolute atomic E-state index is 0.0746. The van der Waals surface area contributed by atoms with Gasteiger partial charge >= 0.3 is 0 Å². The van der Waals surface area contributed by atoms with Crippen LogP contribution in [0.5, 0.6) is 0 Å². The zero-order valence-electron chi connectivity index (χ0n) is 10.7. The van der Waals surface area contributed by atoms with E-state index in [9.17, 15) is 8.42 Å². The number of imidazole rings is 1. The van der Waals surface area contributed by atoms with Crippen molar-refractivity contribution in [2.75, 3.05) is 0 Å². The third kappa shape index (κ3) is 2.39. The van der Waals surface area contributed by atoms with Crippen molar-refractivity contribution in [3.05, 3.63) is 24.5 Å². The molecule has 0 aliphatic heterocycles. The number of nitrogens with one attached hydrogen (secondary N) is 1. The molecule has 1 aromatic carbocycles. The fourth-order valence-electron chi connectivity index (χ4n) is 1.70. The molecule has 0 fully saturated rings. The molecule has 1 aromatic heterocycles. The molecule has 1 unspecified atom stereocenters. The van der Waals surface area contributed by atoms with Gasteiger partial charge in [0.25, 0.3) is 0 Å². The van der Waals surface area contributed by atoms with Gasteiger partial charge in [-0.15, -0.1) is 0 Å². The quantitative estimate of drug-likeness (QED) is 0.916. The van der Waals surface area contributed by atoms with Crippen LogP contribution >= 0.6 is 0 Å². The van der Waals surface area contributed by atoms with Crippen molar-refractivity contribution >= 4 is 21.1 Å². The summed E-state index contributed by atoms with van der Waals surface area (Å²) < 4.78 is 28.7. The molecule has 1 N–H and O–H groups in total. The molecule has 6 heteroatoms. The summed E-state index contributed by atoms with van der Waals surface area (Å²) in [4.78, 5) is 4.42. The minimum atomic E-state index is -3.45. The van der Waals surface area contributed by atoms with Gasteiger partial charge in [0.2, 0.25) is 10.0 Å². The summed E-state index contributed by atoms with van der Waals surface area (Å²) in [5.74, 6) is 0. The standard InChI is InChI=1S/C12H17N3O2S/c1-4-9(2)14-18(16,17)10-5-6-12-11(7-10)13-8-15(12)3/h5-9,14H,4H2,1-3H3. The summed E-state index contributed by atoms with van der Waals surface area (Å²) in [6.45, 7) is 3.78. The van der Waals surface area contributed by atoms with Crippen molar-refractivity contribution < 1.29 is 8.42 Å². The first-order valence-electron chi connectivity index (χ1n) is 5.87. The zero-order valence-corrected chi connectivity index (χ0v) is 11.5. The maximum Gasteiger partial charge on any atom is 0.240 e. The number of nitrogens with zero attached hydrogens (tertiary/aromatic N) is 2. The first kappa shape index (κ1) is 13.0. The van der Waals surface area contributed by atoms with Gasteiger partial charge in [-0.2, -0.15) is 0 Å². The number of hydrogen-bond acceptors (Lipinski definition) is 3. The van der Waals surface area contributed by atoms with Crippen molar-refractivity contribution in [1.29, 1.82) is 0 Å². The molecule has 1 heterocycles. The van der Waals surface area contributed by atoms with Crippen LogP contribution < -0.4 is 4.72 Å². The Labute approximate surface area is 107 Å². The zero-order chi connectivity index (χ0) is 13.3. The highest BCUT2D eigenvalue weighted by Crippen LogP contribution is 2.17. The van der Waals surface area contributed by atoms with Crippen LogP contribution in [-0.4, -0.2) is 24.0 Å². The Hall–Kier alpha value is -1.40. The van der Waals surface area contributed by atoms with E-state index in [4.69, 9.17) is 0 Å². The van der Waals surface area contributed by atoms with Crippen LogP contribution in [0.1, 0.15) is 20.3 Å². The summed E-state index contributed by atoms with van der Waals surface area (Å²) in [5, 5.41) is 0. The highest BCUT2D eigenvalue weighted by molar-refractivity contribution is 7.89. The minimum Gasteiger partial charge on any atom is -0.334 e.